The third-order valence-electron chi connectivity index (χ3n) is 12.9. The van der Waals surface area contributed by atoms with E-state index in [0.717, 1.165) is 17.1 Å². The molecule has 0 radical (unpaired) electrons. The minimum Gasteiger partial charge on any atom is -0.310 e. The van der Waals surface area contributed by atoms with E-state index in [4.69, 9.17) is 0 Å². The number of fused-ring (bicyclic) bond motifs is 6. The molecule has 0 fully saturated rings. The molecular formula is C61H41NS. The number of nitrogens with zero attached hydrogens (tertiary/aromatic N) is 1. The molecule has 0 saturated heterocycles. The molecule has 296 valence electrons. The van der Waals surface area contributed by atoms with E-state index >= 15 is 0 Å². The fourth-order valence-corrected chi connectivity index (χ4v) is 11.3. The van der Waals surface area contributed by atoms with Crippen LogP contribution in [0.15, 0.2) is 249 Å². The topological polar surface area (TPSA) is 3.24 Å². The van der Waals surface area contributed by atoms with Crippen LogP contribution in [0, 0.1) is 0 Å². The van der Waals surface area contributed by atoms with Gasteiger partial charge in [0.05, 0.1) is 5.41 Å². The van der Waals surface area contributed by atoms with Crippen LogP contribution in [0.2, 0.25) is 0 Å². The summed E-state index contributed by atoms with van der Waals surface area (Å²) >= 11 is 1.90. The van der Waals surface area contributed by atoms with Crippen molar-refractivity contribution in [3.63, 3.8) is 0 Å². The summed E-state index contributed by atoms with van der Waals surface area (Å²) in [5.74, 6) is 0. The quantitative estimate of drug-likeness (QED) is 0.148. The molecule has 1 aliphatic rings. The molecule has 0 amide bonds. The molecule has 11 aromatic rings. The second-order valence-corrected chi connectivity index (χ2v) is 17.5. The molecule has 1 heterocycles. The van der Waals surface area contributed by atoms with E-state index in [1.165, 1.54) is 86.9 Å². The maximum absolute atomic E-state index is 2.53. The molecule has 0 bridgehead atoms. The lowest BCUT2D eigenvalue weighted by Crippen LogP contribution is -2.28. The van der Waals surface area contributed by atoms with Crippen LogP contribution in [0.5, 0.6) is 0 Å². The number of hydrogen-bond acceptors (Lipinski definition) is 2. The van der Waals surface area contributed by atoms with Gasteiger partial charge >= 0.3 is 0 Å². The molecule has 1 nitrogen and oxygen atoms in total. The summed E-state index contributed by atoms with van der Waals surface area (Å²) in [6, 6.07) is 91.4. The summed E-state index contributed by atoms with van der Waals surface area (Å²) < 4.78 is 2.56. The number of thiophene rings is 1. The monoisotopic (exact) mass is 819 g/mol. The minimum atomic E-state index is -0.498. The van der Waals surface area contributed by atoms with Crippen LogP contribution in [-0.2, 0) is 5.41 Å². The van der Waals surface area contributed by atoms with Crippen molar-refractivity contribution in [1.82, 2.24) is 0 Å². The van der Waals surface area contributed by atoms with E-state index in [1.54, 1.807) is 0 Å². The highest BCUT2D eigenvalue weighted by Crippen LogP contribution is 2.61. The average molecular weight is 820 g/mol. The van der Waals surface area contributed by atoms with Gasteiger partial charge in [-0.25, -0.2) is 0 Å². The van der Waals surface area contributed by atoms with Crippen molar-refractivity contribution >= 4 is 48.6 Å². The van der Waals surface area contributed by atoms with Crippen LogP contribution in [-0.4, -0.2) is 0 Å². The third-order valence-corrected chi connectivity index (χ3v) is 14.1. The van der Waals surface area contributed by atoms with Crippen molar-refractivity contribution in [2.45, 2.75) is 5.41 Å². The Morgan fingerprint density at radius 1 is 0.317 bits per heavy atom. The first kappa shape index (κ1) is 37.0. The molecule has 0 atom stereocenters. The van der Waals surface area contributed by atoms with Crippen molar-refractivity contribution < 1.29 is 0 Å². The van der Waals surface area contributed by atoms with Gasteiger partial charge in [-0.15, -0.1) is 11.3 Å². The van der Waals surface area contributed by atoms with Gasteiger partial charge in [-0.1, -0.05) is 200 Å². The maximum atomic E-state index is 2.53. The van der Waals surface area contributed by atoms with Crippen molar-refractivity contribution in [2.24, 2.45) is 0 Å². The first-order valence-corrected chi connectivity index (χ1v) is 22.5. The van der Waals surface area contributed by atoms with Gasteiger partial charge < -0.3 is 4.90 Å². The smallest absolute Gasteiger partial charge is 0.0714 e. The lowest BCUT2D eigenvalue weighted by Gasteiger charge is -2.34. The maximum Gasteiger partial charge on any atom is 0.0714 e. The first-order valence-electron chi connectivity index (χ1n) is 21.7. The number of hydrogen-bond donors (Lipinski definition) is 0. The van der Waals surface area contributed by atoms with Crippen LogP contribution < -0.4 is 4.90 Å². The highest BCUT2D eigenvalue weighted by atomic mass is 32.1. The lowest BCUT2D eigenvalue weighted by molar-refractivity contribution is 0.770. The van der Waals surface area contributed by atoms with Gasteiger partial charge in [0, 0.05) is 37.2 Å². The molecule has 1 aromatic heterocycles. The van der Waals surface area contributed by atoms with Crippen LogP contribution in [0.4, 0.5) is 17.1 Å². The second-order valence-electron chi connectivity index (χ2n) is 16.4. The zero-order valence-corrected chi connectivity index (χ0v) is 35.3. The predicted octanol–water partition coefficient (Wildman–Crippen LogP) is 16.9. The Bertz CT molecular complexity index is 3270. The normalized spacial score (nSPS) is 12.6. The Kier molecular flexibility index (Phi) is 8.98. The van der Waals surface area contributed by atoms with Crippen LogP contribution in [0.25, 0.3) is 64.7 Å². The highest BCUT2D eigenvalue weighted by molar-refractivity contribution is 7.26. The number of benzene rings is 10. The van der Waals surface area contributed by atoms with Crippen LogP contribution in [0.1, 0.15) is 22.3 Å². The van der Waals surface area contributed by atoms with Gasteiger partial charge in [0.1, 0.15) is 0 Å². The van der Waals surface area contributed by atoms with E-state index in [2.05, 4.69) is 254 Å². The molecule has 0 spiro atoms. The summed E-state index contributed by atoms with van der Waals surface area (Å²) in [7, 11) is 0. The van der Waals surface area contributed by atoms with E-state index in [9.17, 15) is 0 Å². The molecule has 0 N–H and O–H groups in total. The number of rotatable bonds is 8. The van der Waals surface area contributed by atoms with E-state index in [1.807, 2.05) is 11.3 Å². The predicted molar refractivity (Wildman–Crippen MR) is 268 cm³/mol. The molecular weight excluding hydrogens is 779 g/mol. The van der Waals surface area contributed by atoms with Crippen molar-refractivity contribution in [3.05, 3.63) is 271 Å². The molecule has 1 aliphatic carbocycles. The summed E-state index contributed by atoms with van der Waals surface area (Å²) in [5.41, 5.74) is 18.0. The molecule has 12 rings (SSSR count). The Labute approximate surface area is 372 Å². The Balaban J connectivity index is 1.12. The van der Waals surface area contributed by atoms with Gasteiger partial charge in [0.2, 0.25) is 0 Å². The van der Waals surface area contributed by atoms with Gasteiger partial charge in [-0.3, -0.25) is 0 Å². The van der Waals surface area contributed by atoms with Gasteiger partial charge in [-0.2, -0.15) is 0 Å². The number of anilines is 3. The summed E-state index contributed by atoms with van der Waals surface area (Å²) in [6.07, 6.45) is 0. The highest BCUT2D eigenvalue weighted by Gasteiger charge is 2.47. The summed E-state index contributed by atoms with van der Waals surface area (Å²) in [5, 5.41) is 2.56. The van der Waals surface area contributed by atoms with Gasteiger partial charge in [0.15, 0.2) is 0 Å². The van der Waals surface area contributed by atoms with Gasteiger partial charge in [0.25, 0.3) is 0 Å². The lowest BCUT2D eigenvalue weighted by atomic mass is 9.67. The summed E-state index contributed by atoms with van der Waals surface area (Å²) in [6.45, 7) is 0. The van der Waals surface area contributed by atoms with E-state index in [0.29, 0.717) is 0 Å². The van der Waals surface area contributed by atoms with E-state index in [-0.39, 0.29) is 0 Å². The zero-order chi connectivity index (χ0) is 41.7. The van der Waals surface area contributed by atoms with Crippen molar-refractivity contribution in [2.75, 3.05) is 4.90 Å². The van der Waals surface area contributed by atoms with Crippen molar-refractivity contribution in [3.8, 4) is 44.5 Å². The largest absolute Gasteiger partial charge is 0.310 e. The minimum absolute atomic E-state index is 0.498. The first-order chi connectivity index (χ1) is 31.3. The zero-order valence-electron chi connectivity index (χ0n) is 34.5. The van der Waals surface area contributed by atoms with Crippen molar-refractivity contribution in [1.29, 1.82) is 0 Å². The molecule has 10 aromatic carbocycles. The molecule has 0 unspecified atom stereocenters. The SMILES string of the molecule is c1ccc(-c2ccc(N(c3ccc(-c4ccccc4)cc3)c3ccc4sc5cc6c(c(-c7ccccc7)c5c4c3)-c3ccccc3C6(c3ccccc3)c3ccccc3)cc2)cc1. The van der Waals surface area contributed by atoms with Crippen LogP contribution >= 0.6 is 11.3 Å². The third kappa shape index (κ3) is 6.06. The Morgan fingerprint density at radius 3 is 1.30 bits per heavy atom. The Hall–Kier alpha value is -7.78. The van der Waals surface area contributed by atoms with E-state index < -0.39 is 5.41 Å². The molecule has 0 aliphatic heterocycles. The molecule has 0 saturated carbocycles. The van der Waals surface area contributed by atoms with Crippen LogP contribution in [0.3, 0.4) is 0 Å². The fraction of sp³-hybridized carbons (Fsp3) is 0.0164. The second kappa shape index (κ2) is 15.3. The fourth-order valence-electron chi connectivity index (χ4n) is 10.2. The standard InChI is InChI=1S/C61H41NS/c1-6-18-42(19-7-1)44-30-34-49(35-31-44)62(50-36-32-45(33-37-50)43-20-8-2-9-21-43)51-38-39-56-53(40-51)60-57(63-56)41-55-59(58(60)46-22-10-3-11-23-46)52-28-16-17-29-54(52)61(55,47-24-12-4-13-25-47)48-26-14-5-15-27-48/h1-41H. The summed E-state index contributed by atoms with van der Waals surface area (Å²) in [4.78, 5) is 2.41. The average Bonchev–Trinajstić information content (AvgIpc) is 3.88. The van der Waals surface area contributed by atoms with Gasteiger partial charge in [-0.05, 0) is 115 Å². The molecule has 63 heavy (non-hydrogen) atoms. The Morgan fingerprint density at radius 2 is 0.762 bits per heavy atom. The molecule has 2 heteroatoms.